The van der Waals surface area contributed by atoms with Crippen LogP contribution in [-0.2, 0) is 12.8 Å². The molecule has 1 aromatic heterocycles. The molecule has 74 valence electrons. The molecule has 0 saturated heterocycles. The van der Waals surface area contributed by atoms with Crippen molar-refractivity contribution in [3.05, 3.63) is 53.7 Å². The highest BCUT2D eigenvalue weighted by atomic mass is 32.2. The first-order valence-corrected chi connectivity index (χ1v) is 5.95. The van der Waals surface area contributed by atoms with E-state index >= 15 is 0 Å². The Hall–Kier alpha value is -1.28. The first kappa shape index (κ1) is 8.98. The highest BCUT2D eigenvalue weighted by molar-refractivity contribution is 7.99. The second-order valence-corrected chi connectivity index (χ2v) is 4.71. The van der Waals surface area contributed by atoms with E-state index in [1.54, 1.807) is 11.8 Å². The maximum Gasteiger partial charge on any atom is 0.104 e. The summed E-state index contributed by atoms with van der Waals surface area (Å²) in [5.74, 6) is 0. The van der Waals surface area contributed by atoms with Gasteiger partial charge in [-0.05, 0) is 36.1 Å². The minimum Gasteiger partial charge on any atom is -0.249 e. The van der Waals surface area contributed by atoms with Gasteiger partial charge in [-0.15, -0.1) is 0 Å². The van der Waals surface area contributed by atoms with Gasteiger partial charge in [-0.2, -0.15) is 0 Å². The number of aryl methyl sites for hydroxylation is 2. The van der Waals surface area contributed by atoms with Crippen molar-refractivity contribution in [2.75, 3.05) is 0 Å². The lowest BCUT2D eigenvalue weighted by molar-refractivity contribution is 0.904. The van der Waals surface area contributed by atoms with Crippen molar-refractivity contribution >= 4 is 11.8 Å². The Balaban J connectivity index is 2.10. The number of benzene rings is 1. The smallest absolute Gasteiger partial charge is 0.104 e. The summed E-state index contributed by atoms with van der Waals surface area (Å²) >= 11 is 1.79. The molecule has 0 atom stereocenters. The van der Waals surface area contributed by atoms with Gasteiger partial charge in [-0.25, -0.2) is 4.98 Å². The largest absolute Gasteiger partial charge is 0.249 e. The monoisotopic (exact) mass is 213 g/mol. The molecule has 2 aromatic rings. The zero-order valence-electron chi connectivity index (χ0n) is 8.31. The molecule has 15 heavy (non-hydrogen) atoms. The molecule has 0 saturated carbocycles. The predicted octanol–water partition coefficient (Wildman–Crippen LogP) is 3.33. The molecule has 0 N–H and O–H groups in total. The predicted molar refractivity (Wildman–Crippen MR) is 62.2 cm³/mol. The minimum atomic E-state index is 1.10. The van der Waals surface area contributed by atoms with Crippen LogP contribution in [0, 0.1) is 0 Å². The van der Waals surface area contributed by atoms with E-state index in [9.17, 15) is 0 Å². The minimum absolute atomic E-state index is 1.10. The molecule has 3 rings (SSSR count). The Morgan fingerprint density at radius 1 is 0.933 bits per heavy atom. The topological polar surface area (TPSA) is 12.9 Å². The van der Waals surface area contributed by atoms with Crippen molar-refractivity contribution < 1.29 is 0 Å². The maximum absolute atomic E-state index is 4.44. The number of fused-ring (bicyclic) bond motifs is 2. The van der Waals surface area contributed by atoms with Crippen molar-refractivity contribution in [2.45, 2.75) is 22.8 Å². The fraction of sp³-hybridized carbons (Fsp3) is 0.154. The summed E-state index contributed by atoms with van der Waals surface area (Å²) in [6, 6.07) is 12.8. The molecule has 0 amide bonds. The lowest BCUT2D eigenvalue weighted by atomic mass is 10.1. The summed E-state index contributed by atoms with van der Waals surface area (Å²) in [6.07, 6.45) is 4.11. The van der Waals surface area contributed by atoms with Crippen molar-refractivity contribution in [3.8, 4) is 0 Å². The standard InChI is InChI=1S/C13H11NS/c1-2-6-12-10(4-1)7-8-11-5-3-9-14-13(11)15-12/h1-6,9H,7-8H2. The van der Waals surface area contributed by atoms with E-state index in [0.717, 1.165) is 12.8 Å². The lowest BCUT2D eigenvalue weighted by Crippen LogP contribution is -1.90. The van der Waals surface area contributed by atoms with Gasteiger partial charge in [0, 0.05) is 11.1 Å². The van der Waals surface area contributed by atoms with Crippen LogP contribution in [0.5, 0.6) is 0 Å². The summed E-state index contributed by atoms with van der Waals surface area (Å²) < 4.78 is 0. The van der Waals surface area contributed by atoms with Crippen LogP contribution in [-0.4, -0.2) is 4.98 Å². The van der Waals surface area contributed by atoms with Crippen LogP contribution in [0.3, 0.4) is 0 Å². The van der Waals surface area contributed by atoms with E-state index in [1.165, 1.54) is 21.0 Å². The highest BCUT2D eigenvalue weighted by Crippen LogP contribution is 2.35. The molecule has 1 aliphatic heterocycles. The third kappa shape index (κ3) is 1.65. The van der Waals surface area contributed by atoms with E-state index in [-0.39, 0.29) is 0 Å². The molecular weight excluding hydrogens is 202 g/mol. The Labute approximate surface area is 93.6 Å². The zero-order chi connectivity index (χ0) is 10.1. The molecule has 0 unspecified atom stereocenters. The average Bonchev–Trinajstić information content (AvgIpc) is 2.48. The Bertz CT molecular complexity index is 448. The molecule has 0 spiro atoms. The molecule has 2 heterocycles. The number of hydrogen-bond acceptors (Lipinski definition) is 2. The fourth-order valence-corrected chi connectivity index (χ4v) is 2.96. The summed E-state index contributed by atoms with van der Waals surface area (Å²) in [6.45, 7) is 0. The highest BCUT2D eigenvalue weighted by Gasteiger charge is 2.13. The molecule has 1 aliphatic rings. The number of hydrogen-bond donors (Lipinski definition) is 0. The molecule has 2 heteroatoms. The van der Waals surface area contributed by atoms with Crippen LogP contribution in [0.4, 0.5) is 0 Å². The van der Waals surface area contributed by atoms with Crippen LogP contribution in [0.15, 0.2) is 52.5 Å². The third-order valence-corrected chi connectivity index (χ3v) is 3.87. The van der Waals surface area contributed by atoms with Crippen LogP contribution >= 0.6 is 11.8 Å². The van der Waals surface area contributed by atoms with Gasteiger partial charge < -0.3 is 0 Å². The second kappa shape index (κ2) is 3.70. The van der Waals surface area contributed by atoms with Crippen LogP contribution < -0.4 is 0 Å². The van der Waals surface area contributed by atoms with Crippen LogP contribution in [0.25, 0.3) is 0 Å². The number of nitrogens with zero attached hydrogens (tertiary/aromatic N) is 1. The van der Waals surface area contributed by atoms with Gasteiger partial charge in [0.05, 0.1) is 0 Å². The average molecular weight is 213 g/mol. The van der Waals surface area contributed by atoms with E-state index in [4.69, 9.17) is 0 Å². The molecule has 1 aromatic carbocycles. The van der Waals surface area contributed by atoms with Crippen molar-refractivity contribution in [1.82, 2.24) is 4.98 Å². The van der Waals surface area contributed by atoms with Crippen molar-refractivity contribution in [1.29, 1.82) is 0 Å². The molecular formula is C13H11NS. The van der Waals surface area contributed by atoms with E-state index in [2.05, 4.69) is 35.3 Å². The molecule has 0 radical (unpaired) electrons. The molecule has 1 nitrogen and oxygen atoms in total. The lowest BCUT2D eigenvalue weighted by Gasteiger charge is -2.02. The van der Waals surface area contributed by atoms with Crippen molar-refractivity contribution in [2.24, 2.45) is 0 Å². The van der Waals surface area contributed by atoms with E-state index in [0.29, 0.717) is 0 Å². The molecule has 0 bridgehead atoms. The van der Waals surface area contributed by atoms with Crippen molar-refractivity contribution in [3.63, 3.8) is 0 Å². The Morgan fingerprint density at radius 2 is 1.73 bits per heavy atom. The van der Waals surface area contributed by atoms with Gasteiger partial charge in [-0.3, -0.25) is 0 Å². The van der Waals surface area contributed by atoms with Gasteiger partial charge in [0.1, 0.15) is 5.03 Å². The first-order valence-electron chi connectivity index (χ1n) is 5.13. The number of pyridine rings is 1. The van der Waals surface area contributed by atoms with E-state index in [1.807, 2.05) is 12.3 Å². The summed E-state index contributed by atoms with van der Waals surface area (Å²) in [4.78, 5) is 5.80. The van der Waals surface area contributed by atoms with Gasteiger partial charge in [0.2, 0.25) is 0 Å². The molecule has 0 aliphatic carbocycles. The Morgan fingerprint density at radius 3 is 2.73 bits per heavy atom. The van der Waals surface area contributed by atoms with E-state index < -0.39 is 0 Å². The summed E-state index contributed by atoms with van der Waals surface area (Å²) in [5.41, 5.74) is 2.82. The summed E-state index contributed by atoms with van der Waals surface area (Å²) in [5, 5.41) is 1.17. The number of rotatable bonds is 0. The van der Waals surface area contributed by atoms with Gasteiger partial charge >= 0.3 is 0 Å². The zero-order valence-corrected chi connectivity index (χ0v) is 9.13. The summed E-state index contributed by atoms with van der Waals surface area (Å²) in [7, 11) is 0. The van der Waals surface area contributed by atoms with Crippen LogP contribution in [0.2, 0.25) is 0 Å². The Kier molecular flexibility index (Phi) is 2.22. The number of aromatic nitrogens is 1. The third-order valence-electron chi connectivity index (χ3n) is 2.69. The first-order chi connectivity index (χ1) is 7.43. The fourth-order valence-electron chi connectivity index (χ4n) is 1.89. The van der Waals surface area contributed by atoms with Crippen LogP contribution in [0.1, 0.15) is 11.1 Å². The van der Waals surface area contributed by atoms with Gasteiger partial charge in [0.25, 0.3) is 0 Å². The molecule has 0 fully saturated rings. The van der Waals surface area contributed by atoms with Gasteiger partial charge in [-0.1, -0.05) is 36.0 Å². The normalized spacial score (nSPS) is 13.9. The quantitative estimate of drug-likeness (QED) is 0.665. The maximum atomic E-state index is 4.44. The SMILES string of the molecule is c1ccc2c(c1)CCc1cccnc1S2. The second-order valence-electron chi connectivity index (χ2n) is 3.68. The van der Waals surface area contributed by atoms with Gasteiger partial charge in [0.15, 0.2) is 0 Å².